The minimum Gasteiger partial charge on any atom is -0.506 e. The summed E-state index contributed by atoms with van der Waals surface area (Å²) < 4.78 is 4.61. The Hall–Kier alpha value is -1.91. The third-order valence-corrected chi connectivity index (χ3v) is 2.49. The van der Waals surface area contributed by atoms with E-state index in [1.165, 1.54) is 25.3 Å². The molecule has 7 heteroatoms. The average molecular weight is 256 g/mol. The first-order chi connectivity index (χ1) is 8.10. The zero-order valence-corrected chi connectivity index (χ0v) is 9.76. The highest BCUT2D eigenvalue weighted by atomic mass is 35.5. The van der Waals surface area contributed by atoms with E-state index in [1.807, 2.05) is 0 Å². The van der Waals surface area contributed by atoms with Gasteiger partial charge < -0.3 is 9.84 Å². The average Bonchev–Trinajstić information content (AvgIpc) is 2.33. The molecule has 90 valence electrons. The lowest BCUT2D eigenvalue weighted by atomic mass is 9.99. The third kappa shape index (κ3) is 3.27. The molecule has 6 nitrogen and oxygen atoms in total. The van der Waals surface area contributed by atoms with Crippen LogP contribution in [0.4, 0.5) is 0 Å². The van der Waals surface area contributed by atoms with Crippen molar-refractivity contribution in [3.05, 3.63) is 39.2 Å². The highest BCUT2D eigenvalue weighted by Crippen LogP contribution is 2.28. The number of phenolic OH excluding ortho intramolecular Hbond substituents is 1. The molecule has 1 N–H and O–H groups in total. The predicted molar refractivity (Wildman–Crippen MR) is 61.9 cm³/mol. The Morgan fingerprint density at radius 1 is 1.71 bits per heavy atom. The summed E-state index contributed by atoms with van der Waals surface area (Å²) in [6.45, 7) is -0.0652. The van der Waals surface area contributed by atoms with E-state index in [9.17, 15) is 9.90 Å². The van der Waals surface area contributed by atoms with Crippen LogP contribution in [0.25, 0.3) is 10.4 Å². The van der Waals surface area contributed by atoms with E-state index in [2.05, 4.69) is 14.8 Å². The first kappa shape index (κ1) is 13.2. The number of carbonyl (C=O) groups is 1. The molecule has 0 saturated heterocycles. The molecule has 0 spiro atoms. The molecule has 1 aromatic rings. The lowest BCUT2D eigenvalue weighted by Gasteiger charge is -2.12. The molecule has 0 bridgehead atoms. The van der Waals surface area contributed by atoms with Crippen molar-refractivity contribution in [3.8, 4) is 5.75 Å². The van der Waals surface area contributed by atoms with E-state index in [1.54, 1.807) is 0 Å². The number of azide groups is 1. The number of carbonyl (C=O) groups excluding carboxylic acids is 1. The van der Waals surface area contributed by atoms with Crippen LogP contribution in [0.3, 0.4) is 0 Å². The Kier molecular flexibility index (Phi) is 4.63. The van der Waals surface area contributed by atoms with Crippen molar-refractivity contribution in [2.24, 2.45) is 5.11 Å². The summed E-state index contributed by atoms with van der Waals surface area (Å²) in [5.41, 5.74) is 8.78. The van der Waals surface area contributed by atoms with Crippen LogP contribution in [0.1, 0.15) is 11.5 Å². The molecule has 0 radical (unpaired) electrons. The second-order valence-electron chi connectivity index (χ2n) is 3.20. The molecular formula is C10H10ClN3O3. The Bertz CT molecular complexity index is 472. The number of ether oxygens (including phenoxy) is 1. The van der Waals surface area contributed by atoms with Crippen LogP contribution < -0.4 is 0 Å². The zero-order chi connectivity index (χ0) is 12.8. The van der Waals surface area contributed by atoms with Gasteiger partial charge in [-0.1, -0.05) is 22.8 Å². The lowest BCUT2D eigenvalue weighted by molar-refractivity contribution is -0.142. The van der Waals surface area contributed by atoms with Gasteiger partial charge in [0.05, 0.1) is 18.1 Å². The van der Waals surface area contributed by atoms with Gasteiger partial charge in [-0.25, -0.2) is 0 Å². The van der Waals surface area contributed by atoms with Crippen molar-refractivity contribution in [2.75, 3.05) is 13.7 Å². The van der Waals surface area contributed by atoms with E-state index < -0.39 is 11.9 Å². The topological polar surface area (TPSA) is 95.3 Å². The Morgan fingerprint density at radius 2 is 2.41 bits per heavy atom. The van der Waals surface area contributed by atoms with E-state index in [-0.39, 0.29) is 17.3 Å². The highest BCUT2D eigenvalue weighted by Gasteiger charge is 2.21. The fraction of sp³-hybridized carbons (Fsp3) is 0.300. The van der Waals surface area contributed by atoms with E-state index >= 15 is 0 Å². The summed E-state index contributed by atoms with van der Waals surface area (Å²) in [6, 6.07) is 4.32. The summed E-state index contributed by atoms with van der Waals surface area (Å²) in [5.74, 6) is -1.34. The molecule has 17 heavy (non-hydrogen) atoms. The molecule has 0 aliphatic rings. The fourth-order valence-corrected chi connectivity index (χ4v) is 1.51. The summed E-state index contributed by atoms with van der Waals surface area (Å²) in [6.07, 6.45) is 0. The van der Waals surface area contributed by atoms with Crippen LogP contribution >= 0.6 is 11.6 Å². The minimum atomic E-state index is -0.728. The smallest absolute Gasteiger partial charge is 0.313 e. The number of aromatic hydroxyl groups is 1. The molecule has 1 atom stereocenters. The van der Waals surface area contributed by atoms with E-state index in [4.69, 9.17) is 17.1 Å². The van der Waals surface area contributed by atoms with Gasteiger partial charge in [-0.15, -0.1) is 0 Å². The van der Waals surface area contributed by atoms with Crippen LogP contribution in [0.2, 0.25) is 5.02 Å². The number of methoxy groups -OCH3 is 1. The Labute approximate surface area is 102 Å². The molecule has 0 saturated carbocycles. The quantitative estimate of drug-likeness (QED) is 0.388. The molecule has 1 aromatic carbocycles. The highest BCUT2D eigenvalue weighted by molar-refractivity contribution is 6.32. The molecule has 0 amide bonds. The molecule has 0 aromatic heterocycles. The summed E-state index contributed by atoms with van der Waals surface area (Å²) in [4.78, 5) is 14.1. The second-order valence-corrected chi connectivity index (χ2v) is 3.61. The molecule has 0 aliphatic carbocycles. The van der Waals surface area contributed by atoms with Crippen LogP contribution in [-0.2, 0) is 9.53 Å². The number of esters is 1. The van der Waals surface area contributed by atoms with Crippen molar-refractivity contribution in [3.63, 3.8) is 0 Å². The Morgan fingerprint density at radius 3 is 2.94 bits per heavy atom. The van der Waals surface area contributed by atoms with Gasteiger partial charge in [-0.3, -0.25) is 4.79 Å². The maximum atomic E-state index is 11.5. The second kappa shape index (κ2) is 5.98. The molecule has 0 aliphatic heterocycles. The third-order valence-electron chi connectivity index (χ3n) is 2.19. The number of benzene rings is 1. The summed E-state index contributed by atoms with van der Waals surface area (Å²) in [7, 11) is 1.24. The van der Waals surface area contributed by atoms with Crippen molar-refractivity contribution in [1.29, 1.82) is 0 Å². The Balaban J connectivity index is 3.07. The number of hydrogen-bond donors (Lipinski definition) is 1. The van der Waals surface area contributed by atoms with Gasteiger partial charge in [-0.2, -0.15) is 0 Å². The van der Waals surface area contributed by atoms with Crippen molar-refractivity contribution in [1.82, 2.24) is 0 Å². The SMILES string of the molecule is COC(=O)C(CN=[N+]=[N-])c1ccc(O)c(Cl)c1. The van der Waals surface area contributed by atoms with Crippen LogP contribution in [-0.4, -0.2) is 24.7 Å². The van der Waals surface area contributed by atoms with Crippen LogP contribution in [0, 0.1) is 0 Å². The van der Waals surface area contributed by atoms with E-state index in [0.717, 1.165) is 0 Å². The molecular weight excluding hydrogens is 246 g/mol. The predicted octanol–water partition coefficient (Wildman–Crippen LogP) is 2.61. The summed E-state index contributed by atoms with van der Waals surface area (Å²) >= 11 is 5.73. The van der Waals surface area contributed by atoms with Gasteiger partial charge >= 0.3 is 5.97 Å². The standard InChI is InChI=1S/C10H10ClN3O3/c1-17-10(16)7(5-13-14-12)6-2-3-9(15)8(11)4-6/h2-4,7,15H,5H2,1H3. The van der Waals surface area contributed by atoms with Gasteiger partial charge in [0.2, 0.25) is 0 Å². The van der Waals surface area contributed by atoms with E-state index in [0.29, 0.717) is 5.56 Å². The van der Waals surface area contributed by atoms with Gasteiger partial charge in [0.15, 0.2) is 0 Å². The van der Waals surface area contributed by atoms with Gasteiger partial charge in [0.25, 0.3) is 0 Å². The monoisotopic (exact) mass is 255 g/mol. The number of hydrogen-bond acceptors (Lipinski definition) is 4. The van der Waals surface area contributed by atoms with Gasteiger partial charge in [0, 0.05) is 11.5 Å². The number of phenols is 1. The first-order valence-electron chi connectivity index (χ1n) is 4.67. The van der Waals surface area contributed by atoms with Gasteiger partial charge in [-0.05, 0) is 23.2 Å². The van der Waals surface area contributed by atoms with Crippen molar-refractivity contribution >= 4 is 17.6 Å². The van der Waals surface area contributed by atoms with Crippen LogP contribution in [0.5, 0.6) is 5.75 Å². The fourth-order valence-electron chi connectivity index (χ4n) is 1.32. The summed E-state index contributed by atoms with van der Waals surface area (Å²) in [5, 5.41) is 12.7. The number of rotatable bonds is 4. The number of halogens is 1. The first-order valence-corrected chi connectivity index (χ1v) is 5.05. The minimum absolute atomic E-state index is 0.0652. The van der Waals surface area contributed by atoms with Crippen molar-refractivity contribution < 1.29 is 14.6 Å². The molecule has 1 rings (SSSR count). The molecule has 0 heterocycles. The maximum Gasteiger partial charge on any atom is 0.313 e. The van der Waals surface area contributed by atoms with Gasteiger partial charge in [0.1, 0.15) is 5.75 Å². The largest absolute Gasteiger partial charge is 0.506 e. The maximum absolute atomic E-state index is 11.5. The normalized spacial score (nSPS) is 11.4. The lowest BCUT2D eigenvalue weighted by Crippen LogP contribution is -2.16. The van der Waals surface area contributed by atoms with Crippen molar-refractivity contribution in [2.45, 2.75) is 5.92 Å². The number of nitrogens with zero attached hydrogens (tertiary/aromatic N) is 3. The molecule has 0 fully saturated rings. The van der Waals surface area contributed by atoms with Crippen LogP contribution in [0.15, 0.2) is 23.3 Å². The molecule has 1 unspecified atom stereocenters. The zero-order valence-electron chi connectivity index (χ0n) is 9.00.